The van der Waals surface area contributed by atoms with Crippen LogP contribution in [0.5, 0.6) is 0 Å². The summed E-state index contributed by atoms with van der Waals surface area (Å²) in [4.78, 5) is 22.2. The average molecular weight is 263 g/mol. The van der Waals surface area contributed by atoms with Gasteiger partial charge in [-0.25, -0.2) is 9.97 Å². The molecule has 0 spiro atoms. The van der Waals surface area contributed by atoms with Gasteiger partial charge in [0.1, 0.15) is 11.6 Å². The van der Waals surface area contributed by atoms with Crippen LogP contribution in [0.1, 0.15) is 36.8 Å². The minimum absolute atomic E-state index is 0.284. The van der Waals surface area contributed by atoms with Gasteiger partial charge in [0.15, 0.2) is 0 Å². The van der Waals surface area contributed by atoms with Crippen LogP contribution in [0.2, 0.25) is 0 Å². The fraction of sp³-hybridized carbons (Fsp3) is 0.643. The van der Waals surface area contributed by atoms with E-state index in [2.05, 4.69) is 21.8 Å². The summed E-state index contributed by atoms with van der Waals surface area (Å²) in [5.41, 5.74) is 2.14. The first-order valence-electron chi connectivity index (χ1n) is 6.84. The van der Waals surface area contributed by atoms with Gasteiger partial charge >= 0.3 is 5.97 Å². The van der Waals surface area contributed by atoms with Crippen molar-refractivity contribution >= 4 is 11.8 Å². The minimum atomic E-state index is -0.705. The molecule has 1 fully saturated rings. The molecule has 1 aromatic rings. The molecular weight excluding hydrogens is 242 g/mol. The number of hydrogen-bond acceptors (Lipinski definition) is 4. The molecule has 104 valence electrons. The number of nitrogens with zero attached hydrogens (tertiary/aromatic N) is 3. The van der Waals surface area contributed by atoms with Crippen LogP contribution in [-0.4, -0.2) is 34.1 Å². The molecule has 1 aliphatic rings. The van der Waals surface area contributed by atoms with Crippen molar-refractivity contribution in [1.29, 1.82) is 0 Å². The molecule has 5 heteroatoms. The fourth-order valence-corrected chi connectivity index (χ4v) is 2.69. The van der Waals surface area contributed by atoms with Crippen LogP contribution in [0.15, 0.2) is 0 Å². The van der Waals surface area contributed by atoms with E-state index < -0.39 is 5.97 Å². The Balaban J connectivity index is 2.30. The highest BCUT2D eigenvalue weighted by molar-refractivity contribution is 5.71. The lowest BCUT2D eigenvalue weighted by atomic mass is 9.98. The van der Waals surface area contributed by atoms with Crippen molar-refractivity contribution in [3.63, 3.8) is 0 Å². The van der Waals surface area contributed by atoms with Crippen molar-refractivity contribution in [2.45, 2.75) is 40.0 Å². The number of aryl methyl sites for hydroxylation is 2. The van der Waals surface area contributed by atoms with E-state index in [4.69, 9.17) is 5.11 Å². The Kier molecular flexibility index (Phi) is 4.02. The highest BCUT2D eigenvalue weighted by Gasteiger charge is 2.27. The van der Waals surface area contributed by atoms with Crippen LogP contribution >= 0.6 is 0 Å². The monoisotopic (exact) mass is 263 g/mol. The Morgan fingerprint density at radius 2 is 2.16 bits per heavy atom. The van der Waals surface area contributed by atoms with Crippen LogP contribution in [0, 0.1) is 19.8 Å². The topological polar surface area (TPSA) is 66.3 Å². The maximum Gasteiger partial charge on any atom is 0.308 e. The highest BCUT2D eigenvalue weighted by Crippen LogP contribution is 2.26. The smallest absolute Gasteiger partial charge is 0.308 e. The fourth-order valence-electron chi connectivity index (χ4n) is 2.69. The number of carbonyl (C=O) groups is 1. The Morgan fingerprint density at radius 3 is 2.79 bits per heavy atom. The second-order valence-corrected chi connectivity index (χ2v) is 5.14. The molecule has 0 saturated carbocycles. The normalized spacial score (nSPS) is 19.5. The van der Waals surface area contributed by atoms with E-state index in [-0.39, 0.29) is 5.92 Å². The molecule has 5 nitrogen and oxygen atoms in total. The summed E-state index contributed by atoms with van der Waals surface area (Å²) >= 11 is 0. The van der Waals surface area contributed by atoms with E-state index in [1.165, 1.54) is 0 Å². The molecule has 0 radical (unpaired) electrons. The molecule has 1 N–H and O–H groups in total. The average Bonchev–Trinajstić information content (AvgIpc) is 2.41. The summed E-state index contributed by atoms with van der Waals surface area (Å²) in [5, 5.41) is 9.17. The standard InChI is InChI=1S/C14H21N3O2/c1-4-12-9(2)13(16-10(3)15-12)17-7-5-6-11(8-17)14(18)19/h11H,4-8H2,1-3H3,(H,18,19). The maximum absolute atomic E-state index is 11.1. The van der Waals surface area contributed by atoms with E-state index in [0.717, 1.165) is 48.7 Å². The molecule has 1 saturated heterocycles. The van der Waals surface area contributed by atoms with Gasteiger partial charge in [0.25, 0.3) is 0 Å². The van der Waals surface area contributed by atoms with Crippen LogP contribution < -0.4 is 4.90 Å². The van der Waals surface area contributed by atoms with Gasteiger partial charge in [-0.05, 0) is 33.1 Å². The molecule has 2 heterocycles. The number of carboxylic acids is 1. The lowest BCUT2D eigenvalue weighted by Gasteiger charge is -2.33. The van der Waals surface area contributed by atoms with E-state index in [1.807, 2.05) is 13.8 Å². The summed E-state index contributed by atoms with van der Waals surface area (Å²) in [5.74, 6) is 0.683. The van der Waals surface area contributed by atoms with E-state index >= 15 is 0 Å². The number of aromatic nitrogens is 2. The first-order valence-corrected chi connectivity index (χ1v) is 6.84. The summed E-state index contributed by atoms with van der Waals surface area (Å²) in [6, 6.07) is 0. The summed E-state index contributed by atoms with van der Waals surface area (Å²) < 4.78 is 0. The van der Waals surface area contributed by atoms with Gasteiger partial charge in [-0.2, -0.15) is 0 Å². The molecular formula is C14H21N3O2. The number of hydrogen-bond donors (Lipinski definition) is 1. The molecule has 0 aliphatic carbocycles. The van der Waals surface area contributed by atoms with Crippen molar-refractivity contribution in [1.82, 2.24) is 9.97 Å². The molecule has 1 aromatic heterocycles. The second-order valence-electron chi connectivity index (χ2n) is 5.14. The number of rotatable bonds is 3. The number of carboxylic acid groups (broad SMARTS) is 1. The van der Waals surface area contributed by atoms with Crippen molar-refractivity contribution in [3.8, 4) is 0 Å². The van der Waals surface area contributed by atoms with Crippen LogP contribution in [0.3, 0.4) is 0 Å². The largest absolute Gasteiger partial charge is 0.481 e. The molecule has 0 amide bonds. The number of anilines is 1. The minimum Gasteiger partial charge on any atom is -0.481 e. The lowest BCUT2D eigenvalue weighted by molar-refractivity contribution is -0.141. The van der Waals surface area contributed by atoms with Crippen molar-refractivity contribution in [3.05, 3.63) is 17.1 Å². The third-order valence-corrected chi connectivity index (χ3v) is 3.74. The Morgan fingerprint density at radius 1 is 1.42 bits per heavy atom. The quantitative estimate of drug-likeness (QED) is 0.903. The van der Waals surface area contributed by atoms with Gasteiger partial charge < -0.3 is 10.0 Å². The molecule has 1 unspecified atom stereocenters. The first-order chi connectivity index (χ1) is 9.02. The molecule has 2 rings (SSSR count). The molecule has 0 aromatic carbocycles. The van der Waals surface area contributed by atoms with Gasteiger partial charge in [-0.3, -0.25) is 4.79 Å². The first kappa shape index (κ1) is 13.8. The molecule has 1 aliphatic heterocycles. The zero-order valence-corrected chi connectivity index (χ0v) is 11.8. The number of piperidine rings is 1. The predicted octanol–water partition coefficient (Wildman–Crippen LogP) is 1.96. The SMILES string of the molecule is CCc1nc(C)nc(N2CCCC(C(=O)O)C2)c1C. The van der Waals surface area contributed by atoms with Gasteiger partial charge in [0.05, 0.1) is 5.92 Å². The van der Waals surface area contributed by atoms with Crippen LogP contribution in [0.4, 0.5) is 5.82 Å². The van der Waals surface area contributed by atoms with E-state index in [9.17, 15) is 4.79 Å². The summed E-state index contributed by atoms with van der Waals surface area (Å²) in [6.07, 6.45) is 2.54. The predicted molar refractivity (Wildman–Crippen MR) is 73.5 cm³/mol. The van der Waals surface area contributed by atoms with Gasteiger partial charge in [-0.15, -0.1) is 0 Å². The van der Waals surface area contributed by atoms with Crippen LogP contribution in [0.25, 0.3) is 0 Å². The van der Waals surface area contributed by atoms with Gasteiger partial charge in [0, 0.05) is 24.3 Å². The number of aliphatic carboxylic acids is 1. The van der Waals surface area contributed by atoms with Gasteiger partial charge in [0.2, 0.25) is 0 Å². The highest BCUT2D eigenvalue weighted by atomic mass is 16.4. The van der Waals surface area contributed by atoms with Crippen LogP contribution in [-0.2, 0) is 11.2 Å². The Bertz CT molecular complexity index is 488. The maximum atomic E-state index is 11.1. The zero-order valence-electron chi connectivity index (χ0n) is 11.8. The lowest BCUT2D eigenvalue weighted by Crippen LogP contribution is -2.39. The van der Waals surface area contributed by atoms with Crippen molar-refractivity contribution in [2.24, 2.45) is 5.92 Å². The Hall–Kier alpha value is -1.65. The second kappa shape index (κ2) is 5.55. The third-order valence-electron chi connectivity index (χ3n) is 3.74. The zero-order chi connectivity index (χ0) is 14.0. The summed E-state index contributed by atoms with van der Waals surface area (Å²) in [7, 11) is 0. The third kappa shape index (κ3) is 2.85. The molecule has 1 atom stereocenters. The van der Waals surface area contributed by atoms with Crippen molar-refractivity contribution < 1.29 is 9.90 Å². The summed E-state index contributed by atoms with van der Waals surface area (Å²) in [6.45, 7) is 7.42. The van der Waals surface area contributed by atoms with E-state index in [1.54, 1.807) is 0 Å². The Labute approximate surface area is 113 Å². The van der Waals surface area contributed by atoms with Crippen molar-refractivity contribution in [2.75, 3.05) is 18.0 Å². The van der Waals surface area contributed by atoms with E-state index in [0.29, 0.717) is 6.54 Å². The molecule has 19 heavy (non-hydrogen) atoms. The van der Waals surface area contributed by atoms with Gasteiger partial charge in [-0.1, -0.05) is 6.92 Å². The molecule has 0 bridgehead atoms.